The van der Waals surface area contributed by atoms with Crippen molar-refractivity contribution in [2.45, 2.75) is 32.9 Å². The Kier molecular flexibility index (Phi) is 6.44. The third-order valence-corrected chi connectivity index (χ3v) is 3.18. The van der Waals surface area contributed by atoms with Gasteiger partial charge >= 0.3 is 0 Å². The number of halogens is 2. The number of benzene rings is 1. The van der Waals surface area contributed by atoms with Crippen LogP contribution in [0.2, 0.25) is 0 Å². The minimum Gasteiger partial charge on any atom is -0.494 e. The maximum absolute atomic E-state index is 13.6. The highest BCUT2D eigenvalue weighted by atomic mass is 35.5. The van der Waals surface area contributed by atoms with E-state index in [-0.39, 0.29) is 11.6 Å². The lowest BCUT2D eigenvalue weighted by atomic mass is 10.1. The van der Waals surface area contributed by atoms with Crippen molar-refractivity contribution in [3.63, 3.8) is 0 Å². The number of hydrogen-bond donors (Lipinski definition) is 0. The third kappa shape index (κ3) is 4.46. The SMILES string of the molecule is COc1ccc(CN(CCCCl)C(C)C)cc1F. The van der Waals surface area contributed by atoms with E-state index in [9.17, 15) is 4.39 Å². The Morgan fingerprint density at radius 3 is 2.61 bits per heavy atom. The van der Waals surface area contributed by atoms with E-state index in [1.54, 1.807) is 6.07 Å². The van der Waals surface area contributed by atoms with Crippen LogP contribution in [0.5, 0.6) is 5.75 Å². The summed E-state index contributed by atoms with van der Waals surface area (Å²) in [6, 6.07) is 5.52. The Morgan fingerprint density at radius 2 is 2.11 bits per heavy atom. The highest BCUT2D eigenvalue weighted by Crippen LogP contribution is 2.19. The second-order valence-corrected chi connectivity index (χ2v) is 4.95. The molecule has 0 saturated carbocycles. The summed E-state index contributed by atoms with van der Waals surface area (Å²) in [6.45, 7) is 5.92. The molecule has 1 rings (SSSR count). The molecule has 0 saturated heterocycles. The zero-order chi connectivity index (χ0) is 13.5. The van der Waals surface area contributed by atoms with Crippen LogP contribution in [0.15, 0.2) is 18.2 Å². The first kappa shape index (κ1) is 15.3. The molecule has 0 amide bonds. The molecule has 4 heteroatoms. The van der Waals surface area contributed by atoms with Gasteiger partial charge in [0.05, 0.1) is 7.11 Å². The van der Waals surface area contributed by atoms with Gasteiger partial charge in [-0.25, -0.2) is 4.39 Å². The first-order chi connectivity index (χ1) is 8.58. The fourth-order valence-corrected chi connectivity index (χ4v) is 1.94. The summed E-state index contributed by atoms with van der Waals surface area (Å²) in [5.41, 5.74) is 0.955. The van der Waals surface area contributed by atoms with Gasteiger partial charge in [0, 0.05) is 18.5 Å². The quantitative estimate of drug-likeness (QED) is 0.703. The molecule has 0 aromatic heterocycles. The Hall–Kier alpha value is -0.800. The summed E-state index contributed by atoms with van der Waals surface area (Å²) in [7, 11) is 1.47. The molecule has 0 heterocycles. The van der Waals surface area contributed by atoms with Crippen LogP contribution in [-0.4, -0.2) is 30.5 Å². The molecule has 0 radical (unpaired) electrons. The molecular formula is C14H21ClFNO. The van der Waals surface area contributed by atoms with Gasteiger partial charge in [-0.2, -0.15) is 0 Å². The van der Waals surface area contributed by atoms with E-state index in [1.807, 2.05) is 6.07 Å². The largest absolute Gasteiger partial charge is 0.494 e. The van der Waals surface area contributed by atoms with Crippen LogP contribution < -0.4 is 4.74 Å². The summed E-state index contributed by atoms with van der Waals surface area (Å²) < 4.78 is 18.5. The lowest BCUT2D eigenvalue weighted by Crippen LogP contribution is -2.31. The second kappa shape index (κ2) is 7.59. The van der Waals surface area contributed by atoms with E-state index in [0.29, 0.717) is 11.9 Å². The van der Waals surface area contributed by atoms with Crippen molar-refractivity contribution in [1.82, 2.24) is 4.90 Å². The first-order valence-electron chi connectivity index (χ1n) is 6.21. The zero-order valence-electron chi connectivity index (χ0n) is 11.2. The van der Waals surface area contributed by atoms with Crippen molar-refractivity contribution in [3.05, 3.63) is 29.6 Å². The molecule has 0 N–H and O–H groups in total. The Labute approximate surface area is 114 Å². The predicted molar refractivity (Wildman–Crippen MR) is 73.8 cm³/mol. The monoisotopic (exact) mass is 273 g/mol. The van der Waals surface area contributed by atoms with Gasteiger partial charge in [-0.15, -0.1) is 11.6 Å². The molecule has 2 nitrogen and oxygen atoms in total. The van der Waals surface area contributed by atoms with Crippen molar-refractivity contribution >= 4 is 11.6 Å². The Bertz CT molecular complexity index is 371. The topological polar surface area (TPSA) is 12.5 Å². The number of rotatable bonds is 7. The molecule has 0 aliphatic carbocycles. The van der Waals surface area contributed by atoms with Gasteiger partial charge in [-0.05, 0) is 44.5 Å². The van der Waals surface area contributed by atoms with Crippen molar-refractivity contribution < 1.29 is 9.13 Å². The van der Waals surface area contributed by atoms with Crippen LogP contribution in [0.4, 0.5) is 4.39 Å². The molecule has 0 aliphatic rings. The lowest BCUT2D eigenvalue weighted by Gasteiger charge is -2.26. The summed E-state index contributed by atoms with van der Waals surface area (Å²) in [5.74, 6) is 0.631. The highest BCUT2D eigenvalue weighted by Gasteiger charge is 2.11. The maximum atomic E-state index is 13.6. The minimum atomic E-state index is -0.309. The van der Waals surface area contributed by atoms with Gasteiger partial charge in [0.25, 0.3) is 0 Å². The molecule has 102 valence electrons. The fraction of sp³-hybridized carbons (Fsp3) is 0.571. The van der Waals surface area contributed by atoms with Crippen molar-refractivity contribution in [1.29, 1.82) is 0 Å². The third-order valence-electron chi connectivity index (χ3n) is 2.91. The zero-order valence-corrected chi connectivity index (χ0v) is 12.0. The average molecular weight is 274 g/mol. The van der Waals surface area contributed by atoms with E-state index in [1.165, 1.54) is 13.2 Å². The Morgan fingerprint density at radius 1 is 1.39 bits per heavy atom. The van der Waals surface area contributed by atoms with Crippen LogP contribution in [0.3, 0.4) is 0 Å². The van der Waals surface area contributed by atoms with E-state index in [4.69, 9.17) is 16.3 Å². The van der Waals surface area contributed by atoms with E-state index in [2.05, 4.69) is 18.7 Å². The Balaban J connectivity index is 2.71. The van der Waals surface area contributed by atoms with Gasteiger partial charge in [0.15, 0.2) is 11.6 Å². The number of nitrogens with zero attached hydrogens (tertiary/aromatic N) is 1. The number of alkyl halides is 1. The van der Waals surface area contributed by atoms with Crippen LogP contribution in [0.25, 0.3) is 0 Å². The molecule has 0 unspecified atom stereocenters. The smallest absolute Gasteiger partial charge is 0.165 e. The van der Waals surface area contributed by atoms with Crippen molar-refractivity contribution in [2.75, 3.05) is 19.5 Å². The van der Waals surface area contributed by atoms with E-state index in [0.717, 1.165) is 25.1 Å². The molecule has 0 aliphatic heterocycles. The van der Waals surface area contributed by atoms with Gasteiger partial charge in [0.2, 0.25) is 0 Å². The molecule has 0 atom stereocenters. The molecular weight excluding hydrogens is 253 g/mol. The van der Waals surface area contributed by atoms with Gasteiger partial charge in [-0.3, -0.25) is 4.90 Å². The highest BCUT2D eigenvalue weighted by molar-refractivity contribution is 6.17. The molecule has 0 fully saturated rings. The van der Waals surface area contributed by atoms with E-state index < -0.39 is 0 Å². The van der Waals surface area contributed by atoms with Crippen LogP contribution in [0.1, 0.15) is 25.8 Å². The fourth-order valence-electron chi connectivity index (χ4n) is 1.83. The van der Waals surface area contributed by atoms with Gasteiger partial charge in [-0.1, -0.05) is 6.07 Å². The molecule has 0 spiro atoms. The minimum absolute atomic E-state index is 0.288. The molecule has 1 aromatic rings. The van der Waals surface area contributed by atoms with Crippen molar-refractivity contribution in [2.24, 2.45) is 0 Å². The van der Waals surface area contributed by atoms with Gasteiger partial charge < -0.3 is 4.74 Å². The summed E-state index contributed by atoms with van der Waals surface area (Å²) in [5, 5.41) is 0. The predicted octanol–water partition coefficient (Wildman–Crippen LogP) is 3.67. The van der Waals surface area contributed by atoms with Crippen LogP contribution in [-0.2, 0) is 6.54 Å². The van der Waals surface area contributed by atoms with Crippen LogP contribution in [0, 0.1) is 5.82 Å². The van der Waals surface area contributed by atoms with Crippen LogP contribution >= 0.6 is 11.6 Å². The normalized spacial score (nSPS) is 11.3. The molecule has 18 heavy (non-hydrogen) atoms. The summed E-state index contributed by atoms with van der Waals surface area (Å²) in [4.78, 5) is 2.28. The average Bonchev–Trinajstić information content (AvgIpc) is 2.34. The van der Waals surface area contributed by atoms with Gasteiger partial charge in [0.1, 0.15) is 0 Å². The maximum Gasteiger partial charge on any atom is 0.165 e. The number of methoxy groups -OCH3 is 1. The standard InChI is InChI=1S/C14H21ClFNO/c1-11(2)17(8-4-7-15)10-12-5-6-14(18-3)13(16)9-12/h5-6,9,11H,4,7-8,10H2,1-3H3. The summed E-state index contributed by atoms with van der Waals surface area (Å²) in [6.07, 6.45) is 0.943. The van der Waals surface area contributed by atoms with E-state index >= 15 is 0 Å². The molecule has 0 bridgehead atoms. The number of ether oxygens (including phenoxy) is 1. The lowest BCUT2D eigenvalue weighted by molar-refractivity contribution is 0.213. The number of hydrogen-bond acceptors (Lipinski definition) is 2. The summed E-state index contributed by atoms with van der Waals surface area (Å²) >= 11 is 5.71. The molecule has 1 aromatic carbocycles. The first-order valence-corrected chi connectivity index (χ1v) is 6.74. The second-order valence-electron chi connectivity index (χ2n) is 4.58. The van der Waals surface area contributed by atoms with Crippen molar-refractivity contribution in [3.8, 4) is 5.75 Å².